The maximum absolute atomic E-state index is 12.0. The number of methoxy groups -OCH3 is 1. The van der Waals surface area contributed by atoms with Crippen LogP contribution in [0.5, 0.6) is 0 Å². The highest BCUT2D eigenvalue weighted by Crippen LogP contribution is 2.30. The van der Waals surface area contributed by atoms with Crippen LogP contribution in [0.15, 0.2) is 36.5 Å². The third kappa shape index (κ3) is 4.18. The standard InChI is InChI=1S/C24H28N4O4/c1-15-7-8-28-20(13-18-14-27(9-10-32-18)24(30)31-4)22(26-21(28)11-15)19-6-5-17(12-16(19)2)23(29)25-3/h5-8,11-12,18H,9-10,13-14H2,1-4H3,(H,25,29)/t18-/m1/s1. The largest absolute Gasteiger partial charge is 0.453 e. The molecule has 0 bridgehead atoms. The summed E-state index contributed by atoms with van der Waals surface area (Å²) in [7, 11) is 3.01. The Balaban J connectivity index is 1.74. The number of aromatic nitrogens is 2. The fourth-order valence-electron chi connectivity index (χ4n) is 4.18. The number of morpholine rings is 1. The van der Waals surface area contributed by atoms with E-state index >= 15 is 0 Å². The van der Waals surface area contributed by atoms with Gasteiger partial charge in [0.2, 0.25) is 0 Å². The van der Waals surface area contributed by atoms with Crippen LogP contribution in [-0.2, 0) is 15.9 Å². The molecule has 0 radical (unpaired) electrons. The highest BCUT2D eigenvalue weighted by molar-refractivity contribution is 5.95. The van der Waals surface area contributed by atoms with E-state index in [-0.39, 0.29) is 18.1 Å². The van der Waals surface area contributed by atoms with Crippen molar-refractivity contribution in [2.24, 2.45) is 0 Å². The Morgan fingerprint density at radius 1 is 1.25 bits per heavy atom. The van der Waals surface area contributed by atoms with Crippen LogP contribution in [-0.4, -0.2) is 66.2 Å². The van der Waals surface area contributed by atoms with E-state index in [9.17, 15) is 9.59 Å². The topological polar surface area (TPSA) is 85.2 Å². The van der Waals surface area contributed by atoms with Gasteiger partial charge in [0.05, 0.1) is 37.8 Å². The molecule has 1 N–H and O–H groups in total. The number of nitrogens with zero attached hydrogens (tertiary/aromatic N) is 3. The van der Waals surface area contributed by atoms with E-state index in [4.69, 9.17) is 14.5 Å². The molecule has 168 valence electrons. The minimum atomic E-state index is -0.340. The number of aryl methyl sites for hydroxylation is 2. The number of hydrogen-bond acceptors (Lipinski definition) is 5. The summed E-state index contributed by atoms with van der Waals surface area (Å²) < 4.78 is 13.0. The second kappa shape index (κ2) is 9.00. The predicted molar refractivity (Wildman–Crippen MR) is 121 cm³/mol. The second-order valence-corrected chi connectivity index (χ2v) is 8.06. The van der Waals surface area contributed by atoms with Gasteiger partial charge in [-0.05, 0) is 49.2 Å². The Labute approximate surface area is 187 Å². The third-order valence-corrected chi connectivity index (χ3v) is 5.84. The number of carbonyl (C=O) groups is 2. The van der Waals surface area contributed by atoms with Crippen molar-refractivity contribution in [3.05, 3.63) is 58.9 Å². The van der Waals surface area contributed by atoms with Gasteiger partial charge in [0, 0.05) is 37.3 Å². The van der Waals surface area contributed by atoms with Crippen LogP contribution in [0, 0.1) is 13.8 Å². The maximum Gasteiger partial charge on any atom is 0.409 e. The summed E-state index contributed by atoms with van der Waals surface area (Å²) in [6.07, 6.45) is 2.09. The van der Waals surface area contributed by atoms with Gasteiger partial charge < -0.3 is 24.1 Å². The van der Waals surface area contributed by atoms with E-state index in [0.29, 0.717) is 31.7 Å². The SMILES string of the molecule is CNC(=O)c1ccc(-c2nc3cc(C)ccn3c2C[C@@H]2CN(C(=O)OC)CCO2)c(C)c1. The number of carbonyl (C=O) groups excluding carboxylic acids is 2. The molecule has 0 unspecified atom stereocenters. The highest BCUT2D eigenvalue weighted by atomic mass is 16.5. The van der Waals surface area contributed by atoms with E-state index in [2.05, 4.69) is 9.72 Å². The molecule has 2 aromatic heterocycles. The van der Waals surface area contributed by atoms with Gasteiger partial charge in [-0.3, -0.25) is 4.79 Å². The minimum absolute atomic E-state index is 0.121. The average Bonchev–Trinajstić information content (AvgIpc) is 3.14. The van der Waals surface area contributed by atoms with Gasteiger partial charge >= 0.3 is 6.09 Å². The number of ether oxygens (including phenoxy) is 2. The van der Waals surface area contributed by atoms with Gasteiger partial charge in [-0.2, -0.15) is 0 Å². The molecule has 0 aliphatic carbocycles. The first-order valence-corrected chi connectivity index (χ1v) is 10.7. The van der Waals surface area contributed by atoms with Crippen molar-refractivity contribution in [1.29, 1.82) is 0 Å². The molecule has 1 saturated heterocycles. The zero-order valence-corrected chi connectivity index (χ0v) is 18.8. The highest BCUT2D eigenvalue weighted by Gasteiger charge is 2.27. The van der Waals surface area contributed by atoms with Crippen molar-refractivity contribution in [1.82, 2.24) is 19.6 Å². The molecule has 0 spiro atoms. The van der Waals surface area contributed by atoms with Crippen LogP contribution >= 0.6 is 0 Å². The second-order valence-electron chi connectivity index (χ2n) is 8.06. The maximum atomic E-state index is 12.0. The molecule has 3 aromatic rings. The van der Waals surface area contributed by atoms with E-state index in [1.807, 2.05) is 50.4 Å². The smallest absolute Gasteiger partial charge is 0.409 e. The molecule has 32 heavy (non-hydrogen) atoms. The molecule has 1 aliphatic rings. The summed E-state index contributed by atoms with van der Waals surface area (Å²) >= 11 is 0. The fourth-order valence-corrected chi connectivity index (χ4v) is 4.18. The van der Waals surface area contributed by atoms with Gasteiger partial charge in [0.1, 0.15) is 5.65 Å². The molecule has 1 atom stereocenters. The van der Waals surface area contributed by atoms with Crippen molar-refractivity contribution in [2.75, 3.05) is 33.9 Å². The van der Waals surface area contributed by atoms with Gasteiger partial charge in [-0.1, -0.05) is 6.07 Å². The quantitative estimate of drug-likeness (QED) is 0.680. The normalized spacial score (nSPS) is 16.2. The first-order chi connectivity index (χ1) is 15.4. The van der Waals surface area contributed by atoms with Gasteiger partial charge in [-0.15, -0.1) is 0 Å². The Morgan fingerprint density at radius 2 is 2.06 bits per heavy atom. The van der Waals surface area contributed by atoms with Crippen molar-refractivity contribution in [3.8, 4) is 11.3 Å². The minimum Gasteiger partial charge on any atom is -0.453 e. The number of fused-ring (bicyclic) bond motifs is 1. The number of nitrogens with one attached hydrogen (secondary N) is 1. The van der Waals surface area contributed by atoms with Crippen LogP contribution in [0.3, 0.4) is 0 Å². The molecule has 3 heterocycles. The number of pyridine rings is 1. The molecular weight excluding hydrogens is 408 g/mol. The average molecular weight is 437 g/mol. The Morgan fingerprint density at radius 3 is 2.78 bits per heavy atom. The lowest BCUT2D eigenvalue weighted by atomic mass is 9.99. The van der Waals surface area contributed by atoms with Gasteiger partial charge in [-0.25, -0.2) is 9.78 Å². The lowest BCUT2D eigenvalue weighted by molar-refractivity contribution is -0.0241. The first-order valence-electron chi connectivity index (χ1n) is 10.7. The van der Waals surface area contributed by atoms with E-state index in [1.165, 1.54) is 7.11 Å². The molecular formula is C24H28N4O4. The van der Waals surface area contributed by atoms with Gasteiger partial charge in [0.15, 0.2) is 0 Å². The lowest BCUT2D eigenvalue weighted by Gasteiger charge is -2.32. The summed E-state index contributed by atoms with van der Waals surface area (Å²) in [4.78, 5) is 30.7. The van der Waals surface area contributed by atoms with Crippen molar-refractivity contribution in [3.63, 3.8) is 0 Å². The molecule has 1 fully saturated rings. The predicted octanol–water partition coefficient (Wildman–Crippen LogP) is 2.99. The number of imidazole rings is 1. The molecule has 8 nitrogen and oxygen atoms in total. The number of benzene rings is 1. The van der Waals surface area contributed by atoms with Crippen LogP contribution in [0.1, 0.15) is 27.2 Å². The Hall–Kier alpha value is -3.39. The number of amides is 2. The van der Waals surface area contributed by atoms with E-state index in [1.54, 1.807) is 11.9 Å². The van der Waals surface area contributed by atoms with Crippen LogP contribution < -0.4 is 5.32 Å². The van der Waals surface area contributed by atoms with Crippen molar-refractivity contribution < 1.29 is 19.1 Å². The molecule has 0 saturated carbocycles. The zero-order valence-electron chi connectivity index (χ0n) is 18.8. The zero-order chi connectivity index (χ0) is 22.8. The summed E-state index contributed by atoms with van der Waals surface area (Å²) in [5.41, 5.74) is 6.38. The summed E-state index contributed by atoms with van der Waals surface area (Å²) in [5.74, 6) is -0.121. The lowest BCUT2D eigenvalue weighted by Crippen LogP contribution is -2.46. The van der Waals surface area contributed by atoms with Gasteiger partial charge in [0.25, 0.3) is 5.91 Å². The monoisotopic (exact) mass is 436 g/mol. The summed E-state index contributed by atoms with van der Waals surface area (Å²) in [6.45, 7) is 5.46. The van der Waals surface area contributed by atoms with Crippen LogP contribution in [0.2, 0.25) is 0 Å². The fraction of sp³-hybridized carbons (Fsp3) is 0.375. The van der Waals surface area contributed by atoms with Crippen LogP contribution in [0.25, 0.3) is 16.9 Å². The van der Waals surface area contributed by atoms with Crippen molar-refractivity contribution in [2.45, 2.75) is 26.4 Å². The van der Waals surface area contributed by atoms with Crippen LogP contribution in [0.4, 0.5) is 4.79 Å². The molecule has 4 rings (SSSR count). The van der Waals surface area contributed by atoms with Crippen molar-refractivity contribution >= 4 is 17.6 Å². The number of rotatable bonds is 4. The Kier molecular flexibility index (Phi) is 6.14. The molecule has 8 heteroatoms. The summed E-state index contributed by atoms with van der Waals surface area (Å²) in [5, 5.41) is 2.66. The molecule has 2 amide bonds. The third-order valence-electron chi connectivity index (χ3n) is 5.84. The van der Waals surface area contributed by atoms with E-state index < -0.39 is 0 Å². The molecule has 1 aliphatic heterocycles. The van der Waals surface area contributed by atoms with E-state index in [0.717, 1.165) is 33.7 Å². The summed E-state index contributed by atoms with van der Waals surface area (Å²) in [6, 6.07) is 9.73. The Bertz CT molecular complexity index is 1170. The number of hydrogen-bond donors (Lipinski definition) is 1. The first kappa shape index (κ1) is 21.8. The molecule has 1 aromatic carbocycles.